The first kappa shape index (κ1) is 14.7. The molecular weight excluding hydrogens is 249 g/mol. The molecule has 0 bridgehead atoms. The molecule has 0 saturated carbocycles. The molecule has 0 spiro atoms. The highest BCUT2D eigenvalue weighted by molar-refractivity contribution is 5.30. The van der Waals surface area contributed by atoms with Crippen LogP contribution in [0.25, 0.3) is 0 Å². The highest BCUT2D eigenvalue weighted by Crippen LogP contribution is 2.29. The zero-order chi connectivity index (χ0) is 14.6. The minimum Gasteiger partial charge on any atom is -0.327 e. The second kappa shape index (κ2) is 6.19. The number of nitrogens with two attached hydrogens (primary N) is 1. The Morgan fingerprint density at radius 3 is 2.10 bits per heavy atom. The average Bonchev–Trinajstić information content (AvgIpc) is 2.48. The van der Waals surface area contributed by atoms with E-state index in [1.165, 1.54) is 5.56 Å². The van der Waals surface area contributed by atoms with Crippen molar-refractivity contribution in [2.45, 2.75) is 31.9 Å². The molecule has 2 aromatic carbocycles. The SMILES string of the molecule is CC(C)c1ccc(CC(F)(CN)c2ccccc2)cc1. The van der Waals surface area contributed by atoms with E-state index in [0.29, 0.717) is 17.9 Å². The smallest absolute Gasteiger partial charge is 0.152 e. The van der Waals surface area contributed by atoms with Crippen molar-refractivity contribution in [1.82, 2.24) is 0 Å². The van der Waals surface area contributed by atoms with Crippen LogP contribution >= 0.6 is 0 Å². The molecule has 106 valence electrons. The van der Waals surface area contributed by atoms with Gasteiger partial charge in [-0.3, -0.25) is 0 Å². The second-order valence-electron chi connectivity index (χ2n) is 5.61. The normalized spacial score (nSPS) is 14.2. The van der Waals surface area contributed by atoms with Crippen LogP contribution in [0.1, 0.15) is 36.5 Å². The van der Waals surface area contributed by atoms with Gasteiger partial charge in [0.15, 0.2) is 5.67 Å². The molecule has 0 amide bonds. The summed E-state index contributed by atoms with van der Waals surface area (Å²) >= 11 is 0. The fourth-order valence-electron chi connectivity index (χ4n) is 2.37. The molecule has 0 fully saturated rings. The van der Waals surface area contributed by atoms with Gasteiger partial charge in [0.25, 0.3) is 0 Å². The number of benzene rings is 2. The van der Waals surface area contributed by atoms with Gasteiger partial charge in [-0.1, -0.05) is 68.4 Å². The van der Waals surface area contributed by atoms with Crippen LogP contribution in [-0.4, -0.2) is 6.54 Å². The summed E-state index contributed by atoms with van der Waals surface area (Å²) < 4.78 is 15.1. The predicted molar refractivity (Wildman–Crippen MR) is 82.5 cm³/mol. The number of hydrogen-bond acceptors (Lipinski definition) is 1. The van der Waals surface area contributed by atoms with Crippen LogP contribution in [0.4, 0.5) is 4.39 Å². The van der Waals surface area contributed by atoms with Crippen molar-refractivity contribution in [3.63, 3.8) is 0 Å². The van der Waals surface area contributed by atoms with E-state index in [1.54, 1.807) is 12.1 Å². The van der Waals surface area contributed by atoms with Gasteiger partial charge < -0.3 is 5.73 Å². The lowest BCUT2D eigenvalue weighted by Gasteiger charge is -2.24. The molecule has 0 radical (unpaired) electrons. The molecule has 2 rings (SSSR count). The summed E-state index contributed by atoms with van der Waals surface area (Å²) in [6.45, 7) is 4.29. The van der Waals surface area contributed by atoms with Gasteiger partial charge in [0.2, 0.25) is 0 Å². The summed E-state index contributed by atoms with van der Waals surface area (Å²) in [6, 6.07) is 17.3. The first-order valence-electron chi connectivity index (χ1n) is 7.08. The van der Waals surface area contributed by atoms with Crippen LogP contribution in [0.3, 0.4) is 0 Å². The fraction of sp³-hybridized carbons (Fsp3) is 0.333. The Labute approximate surface area is 120 Å². The number of alkyl halides is 1. The number of hydrogen-bond donors (Lipinski definition) is 1. The third kappa shape index (κ3) is 3.26. The topological polar surface area (TPSA) is 26.0 Å². The van der Waals surface area contributed by atoms with E-state index in [0.717, 1.165) is 5.56 Å². The monoisotopic (exact) mass is 271 g/mol. The van der Waals surface area contributed by atoms with Crippen LogP contribution in [0, 0.1) is 0 Å². The molecule has 1 atom stereocenters. The van der Waals surface area contributed by atoms with Gasteiger partial charge in [0.1, 0.15) is 0 Å². The Bertz CT molecular complexity index is 533. The van der Waals surface area contributed by atoms with E-state index in [4.69, 9.17) is 5.73 Å². The van der Waals surface area contributed by atoms with E-state index in [2.05, 4.69) is 26.0 Å². The molecular formula is C18H22FN. The Hall–Kier alpha value is -1.67. The van der Waals surface area contributed by atoms with Crippen LogP contribution in [0.5, 0.6) is 0 Å². The average molecular weight is 271 g/mol. The fourth-order valence-corrected chi connectivity index (χ4v) is 2.37. The van der Waals surface area contributed by atoms with Crippen LogP contribution < -0.4 is 5.73 Å². The molecule has 0 aliphatic heterocycles. The Kier molecular flexibility index (Phi) is 4.56. The lowest BCUT2D eigenvalue weighted by molar-refractivity contribution is 0.175. The predicted octanol–water partition coefficient (Wildman–Crippen LogP) is 4.18. The van der Waals surface area contributed by atoms with Gasteiger partial charge in [-0.25, -0.2) is 4.39 Å². The lowest BCUT2D eigenvalue weighted by atomic mass is 9.88. The summed E-state index contributed by atoms with van der Waals surface area (Å²) in [5.74, 6) is 0.489. The maximum Gasteiger partial charge on any atom is 0.152 e. The summed E-state index contributed by atoms with van der Waals surface area (Å²) in [5.41, 5.74) is 7.09. The van der Waals surface area contributed by atoms with E-state index >= 15 is 4.39 Å². The zero-order valence-electron chi connectivity index (χ0n) is 12.1. The number of halogens is 1. The largest absolute Gasteiger partial charge is 0.327 e. The molecule has 0 aliphatic carbocycles. The minimum absolute atomic E-state index is 0.0110. The molecule has 2 aromatic rings. The van der Waals surface area contributed by atoms with Crippen molar-refractivity contribution < 1.29 is 4.39 Å². The first-order chi connectivity index (χ1) is 9.55. The van der Waals surface area contributed by atoms with Gasteiger partial charge in [-0.2, -0.15) is 0 Å². The quantitative estimate of drug-likeness (QED) is 0.867. The summed E-state index contributed by atoms with van der Waals surface area (Å²) in [5, 5.41) is 0. The van der Waals surface area contributed by atoms with Gasteiger partial charge in [-0.15, -0.1) is 0 Å². The minimum atomic E-state index is -1.50. The van der Waals surface area contributed by atoms with Crippen LogP contribution in [0.2, 0.25) is 0 Å². The van der Waals surface area contributed by atoms with E-state index < -0.39 is 5.67 Å². The van der Waals surface area contributed by atoms with Crippen molar-refractivity contribution >= 4 is 0 Å². The van der Waals surface area contributed by atoms with Crippen LogP contribution in [-0.2, 0) is 12.1 Å². The third-order valence-corrected chi connectivity index (χ3v) is 3.75. The van der Waals surface area contributed by atoms with Gasteiger partial charge >= 0.3 is 0 Å². The summed E-state index contributed by atoms with van der Waals surface area (Å²) in [6.07, 6.45) is 0.311. The van der Waals surface area contributed by atoms with Crippen molar-refractivity contribution in [1.29, 1.82) is 0 Å². The van der Waals surface area contributed by atoms with E-state index in [1.807, 2.05) is 30.3 Å². The number of rotatable bonds is 5. The van der Waals surface area contributed by atoms with E-state index in [9.17, 15) is 0 Å². The summed E-state index contributed by atoms with van der Waals surface area (Å²) in [4.78, 5) is 0. The standard InChI is InChI=1S/C18H22FN/c1-14(2)16-10-8-15(9-11-16)12-18(19,13-20)17-6-4-3-5-7-17/h3-11,14H,12-13,20H2,1-2H3. The maximum absolute atomic E-state index is 15.1. The van der Waals surface area contributed by atoms with E-state index in [-0.39, 0.29) is 6.54 Å². The van der Waals surface area contributed by atoms with Gasteiger partial charge in [0, 0.05) is 13.0 Å². The molecule has 2 heteroatoms. The van der Waals surface area contributed by atoms with Crippen LogP contribution in [0.15, 0.2) is 54.6 Å². The van der Waals surface area contributed by atoms with Crippen molar-refractivity contribution in [2.24, 2.45) is 5.73 Å². The molecule has 0 aromatic heterocycles. The summed E-state index contributed by atoms with van der Waals surface area (Å²) in [7, 11) is 0. The molecule has 1 unspecified atom stereocenters. The molecule has 0 saturated heterocycles. The second-order valence-corrected chi connectivity index (χ2v) is 5.61. The molecule has 0 heterocycles. The third-order valence-electron chi connectivity index (χ3n) is 3.75. The molecule has 1 nitrogen and oxygen atoms in total. The molecule has 20 heavy (non-hydrogen) atoms. The van der Waals surface area contributed by atoms with Gasteiger partial charge in [-0.05, 0) is 22.6 Å². The first-order valence-corrected chi connectivity index (χ1v) is 7.08. The van der Waals surface area contributed by atoms with Crippen molar-refractivity contribution in [3.05, 3.63) is 71.3 Å². The Morgan fingerprint density at radius 2 is 1.60 bits per heavy atom. The highest BCUT2D eigenvalue weighted by atomic mass is 19.1. The lowest BCUT2D eigenvalue weighted by Crippen LogP contribution is -2.32. The highest BCUT2D eigenvalue weighted by Gasteiger charge is 2.30. The Morgan fingerprint density at radius 1 is 1.00 bits per heavy atom. The maximum atomic E-state index is 15.1. The molecule has 0 aliphatic rings. The zero-order valence-corrected chi connectivity index (χ0v) is 12.1. The Balaban J connectivity index is 2.22. The van der Waals surface area contributed by atoms with Crippen molar-refractivity contribution in [3.8, 4) is 0 Å². The molecule has 2 N–H and O–H groups in total. The van der Waals surface area contributed by atoms with Crippen molar-refractivity contribution in [2.75, 3.05) is 6.54 Å². The van der Waals surface area contributed by atoms with Gasteiger partial charge in [0.05, 0.1) is 0 Å².